The summed E-state index contributed by atoms with van der Waals surface area (Å²) in [7, 11) is 0. The van der Waals surface area contributed by atoms with Crippen LogP contribution in [0.3, 0.4) is 0 Å². The van der Waals surface area contributed by atoms with Gasteiger partial charge in [0.25, 0.3) is 0 Å². The van der Waals surface area contributed by atoms with Gasteiger partial charge in [-0.3, -0.25) is 0 Å². The van der Waals surface area contributed by atoms with Gasteiger partial charge in [-0.2, -0.15) is 0 Å². The van der Waals surface area contributed by atoms with E-state index in [2.05, 4.69) is 27.4 Å². The molecule has 2 fully saturated rings. The highest BCUT2D eigenvalue weighted by atomic mass is 16.3. The van der Waals surface area contributed by atoms with Crippen LogP contribution in [0.15, 0.2) is 23.8 Å². The highest BCUT2D eigenvalue weighted by Crippen LogP contribution is 2.61. The topological polar surface area (TPSA) is 40.5 Å². The van der Waals surface area contributed by atoms with Crippen molar-refractivity contribution < 1.29 is 10.2 Å². The third kappa shape index (κ3) is 3.19. The average Bonchev–Trinajstić information content (AvgIpc) is 2.46. The normalized spacial score (nSPS) is 39.7. The first-order valence-electron chi connectivity index (χ1n) is 8.92. The lowest BCUT2D eigenvalue weighted by atomic mass is 9.47. The maximum Gasteiger partial charge on any atom is 0.0614 e. The molecule has 2 aliphatic rings. The van der Waals surface area contributed by atoms with Crippen molar-refractivity contribution in [2.75, 3.05) is 13.2 Å². The molecule has 4 atom stereocenters. The van der Waals surface area contributed by atoms with Crippen LogP contribution in [0.2, 0.25) is 0 Å². The Hall–Kier alpha value is -0.600. The number of allylic oxidation sites excluding steroid dienone is 2. The van der Waals surface area contributed by atoms with Crippen molar-refractivity contribution in [2.45, 2.75) is 65.7 Å². The second-order valence-electron chi connectivity index (χ2n) is 8.25. The van der Waals surface area contributed by atoms with Crippen LogP contribution in [-0.4, -0.2) is 23.4 Å². The second kappa shape index (κ2) is 6.88. The highest BCUT2D eigenvalue weighted by Gasteiger charge is 2.53. The Kier molecular flexibility index (Phi) is 5.55. The SMILES string of the molecule is C=C1CC[C@@H]2[C@@](C)(CO)CCC[C@]2(C)[C@@H]1CC/C(C)=C/CO. The van der Waals surface area contributed by atoms with Crippen molar-refractivity contribution >= 4 is 0 Å². The first-order chi connectivity index (χ1) is 10.4. The molecule has 0 unspecified atom stereocenters. The molecule has 2 saturated carbocycles. The van der Waals surface area contributed by atoms with Crippen LogP contribution >= 0.6 is 0 Å². The first kappa shape index (κ1) is 17.7. The van der Waals surface area contributed by atoms with E-state index in [1.54, 1.807) is 0 Å². The van der Waals surface area contributed by atoms with E-state index in [-0.39, 0.29) is 17.4 Å². The van der Waals surface area contributed by atoms with Gasteiger partial charge in [0, 0.05) is 6.61 Å². The van der Waals surface area contributed by atoms with E-state index in [4.69, 9.17) is 5.11 Å². The van der Waals surface area contributed by atoms with Gasteiger partial charge in [0.2, 0.25) is 0 Å². The van der Waals surface area contributed by atoms with Crippen LogP contribution in [0.4, 0.5) is 0 Å². The molecule has 0 spiro atoms. The third-order valence-electron chi connectivity index (χ3n) is 6.77. The standard InChI is InChI=1S/C20H34O2/c1-15(10-13-21)6-8-17-16(2)7-9-18-19(3,14-22)11-5-12-20(17,18)4/h10,17-18,21-22H,2,5-9,11-14H2,1,3-4H3/b15-10+/t17-,18-,19-,20-/m1/s1. The van der Waals surface area contributed by atoms with E-state index >= 15 is 0 Å². The Bertz CT molecular complexity index is 439. The van der Waals surface area contributed by atoms with Gasteiger partial charge in [-0.25, -0.2) is 0 Å². The van der Waals surface area contributed by atoms with Crippen LogP contribution in [0.5, 0.6) is 0 Å². The molecule has 0 heterocycles. The van der Waals surface area contributed by atoms with Crippen LogP contribution < -0.4 is 0 Å². The number of hydrogen-bond donors (Lipinski definition) is 2. The quantitative estimate of drug-likeness (QED) is 0.735. The molecule has 0 amide bonds. The summed E-state index contributed by atoms with van der Waals surface area (Å²) in [4.78, 5) is 0. The van der Waals surface area contributed by atoms with Gasteiger partial charge in [0.1, 0.15) is 0 Å². The molecule has 0 radical (unpaired) electrons. The zero-order valence-electron chi connectivity index (χ0n) is 14.7. The summed E-state index contributed by atoms with van der Waals surface area (Å²) >= 11 is 0. The largest absolute Gasteiger partial charge is 0.396 e. The van der Waals surface area contributed by atoms with Crippen LogP contribution in [0.25, 0.3) is 0 Å². The fraction of sp³-hybridized carbons (Fsp3) is 0.800. The first-order valence-corrected chi connectivity index (χ1v) is 8.92. The van der Waals surface area contributed by atoms with E-state index in [0.29, 0.717) is 18.4 Å². The van der Waals surface area contributed by atoms with Crippen molar-refractivity contribution in [2.24, 2.45) is 22.7 Å². The van der Waals surface area contributed by atoms with Crippen LogP contribution in [-0.2, 0) is 0 Å². The average molecular weight is 306 g/mol. The Labute approximate surface area is 136 Å². The molecular formula is C20H34O2. The second-order valence-corrected chi connectivity index (χ2v) is 8.25. The Morgan fingerprint density at radius 2 is 2.05 bits per heavy atom. The van der Waals surface area contributed by atoms with Crippen molar-refractivity contribution in [1.29, 1.82) is 0 Å². The molecule has 0 aromatic carbocycles. The number of aliphatic hydroxyl groups is 2. The molecule has 2 N–H and O–H groups in total. The molecule has 2 rings (SSSR count). The summed E-state index contributed by atoms with van der Waals surface area (Å²) in [5.74, 6) is 1.16. The van der Waals surface area contributed by atoms with E-state index < -0.39 is 0 Å². The number of rotatable bonds is 5. The smallest absolute Gasteiger partial charge is 0.0614 e. The van der Waals surface area contributed by atoms with Gasteiger partial charge < -0.3 is 10.2 Å². The van der Waals surface area contributed by atoms with Crippen molar-refractivity contribution in [1.82, 2.24) is 0 Å². The Balaban J connectivity index is 2.20. The zero-order chi connectivity index (χ0) is 16.4. The fourth-order valence-corrected chi connectivity index (χ4v) is 5.44. The highest BCUT2D eigenvalue weighted by molar-refractivity contribution is 5.17. The summed E-state index contributed by atoms with van der Waals surface area (Å²) in [6.45, 7) is 11.7. The molecule has 126 valence electrons. The molecule has 2 aliphatic carbocycles. The van der Waals surface area contributed by atoms with E-state index in [0.717, 1.165) is 25.7 Å². The zero-order valence-corrected chi connectivity index (χ0v) is 14.7. The molecule has 2 nitrogen and oxygen atoms in total. The van der Waals surface area contributed by atoms with Gasteiger partial charge >= 0.3 is 0 Å². The predicted octanol–water partition coefficient (Wildman–Crippen LogP) is 4.48. The van der Waals surface area contributed by atoms with Crippen LogP contribution in [0.1, 0.15) is 65.7 Å². The lowest BCUT2D eigenvalue weighted by Crippen LogP contribution is -2.51. The van der Waals surface area contributed by atoms with Gasteiger partial charge in [0.05, 0.1) is 6.61 Å². The van der Waals surface area contributed by atoms with Gasteiger partial charge in [-0.1, -0.05) is 44.1 Å². The monoisotopic (exact) mass is 306 g/mol. The van der Waals surface area contributed by atoms with E-state index in [1.165, 1.54) is 30.4 Å². The minimum atomic E-state index is 0.0853. The lowest BCUT2D eigenvalue weighted by molar-refractivity contribution is -0.0858. The van der Waals surface area contributed by atoms with Gasteiger partial charge in [-0.15, -0.1) is 0 Å². The molecule has 22 heavy (non-hydrogen) atoms. The third-order valence-corrected chi connectivity index (χ3v) is 6.77. The molecule has 0 bridgehead atoms. The maximum atomic E-state index is 9.98. The minimum absolute atomic E-state index is 0.0853. The van der Waals surface area contributed by atoms with Crippen molar-refractivity contribution in [3.8, 4) is 0 Å². The minimum Gasteiger partial charge on any atom is -0.396 e. The van der Waals surface area contributed by atoms with Gasteiger partial charge in [0.15, 0.2) is 0 Å². The van der Waals surface area contributed by atoms with Gasteiger partial charge in [-0.05, 0) is 68.1 Å². The summed E-state index contributed by atoms with van der Waals surface area (Å²) in [5, 5.41) is 19.0. The predicted molar refractivity (Wildman–Crippen MR) is 92.6 cm³/mol. The summed E-state index contributed by atoms with van der Waals surface area (Å²) in [6, 6.07) is 0. The number of hydrogen-bond acceptors (Lipinski definition) is 2. The van der Waals surface area contributed by atoms with E-state index in [9.17, 15) is 5.11 Å². The molecule has 2 heteroatoms. The summed E-state index contributed by atoms with van der Waals surface area (Å²) in [6.07, 6.45) is 10.0. The summed E-state index contributed by atoms with van der Waals surface area (Å²) in [5.41, 5.74) is 3.06. The molecule has 0 aliphatic heterocycles. The fourth-order valence-electron chi connectivity index (χ4n) is 5.44. The lowest BCUT2D eigenvalue weighted by Gasteiger charge is -2.58. The van der Waals surface area contributed by atoms with E-state index in [1.807, 2.05) is 6.08 Å². The molecule has 0 saturated heterocycles. The number of aliphatic hydroxyl groups excluding tert-OH is 2. The molecular weight excluding hydrogens is 272 g/mol. The maximum absolute atomic E-state index is 9.98. The summed E-state index contributed by atoms with van der Waals surface area (Å²) < 4.78 is 0. The Morgan fingerprint density at radius 3 is 2.68 bits per heavy atom. The Morgan fingerprint density at radius 1 is 1.32 bits per heavy atom. The number of fused-ring (bicyclic) bond motifs is 1. The molecule has 0 aromatic rings. The molecule has 0 aromatic heterocycles. The van der Waals surface area contributed by atoms with Crippen molar-refractivity contribution in [3.63, 3.8) is 0 Å². The van der Waals surface area contributed by atoms with Crippen LogP contribution in [0, 0.1) is 22.7 Å². The van der Waals surface area contributed by atoms with Crippen molar-refractivity contribution in [3.05, 3.63) is 23.8 Å².